The number of carbonyl (C=O) groups is 2. The second kappa shape index (κ2) is 7.22. The highest BCUT2D eigenvalue weighted by Gasteiger charge is 2.29. The number of nitrogens with zero attached hydrogens (tertiary/aromatic N) is 1. The van der Waals surface area contributed by atoms with Gasteiger partial charge in [-0.1, -0.05) is 30.3 Å². The van der Waals surface area contributed by atoms with Crippen molar-refractivity contribution in [3.8, 4) is 0 Å². The highest BCUT2D eigenvalue weighted by Crippen LogP contribution is 2.18. The summed E-state index contributed by atoms with van der Waals surface area (Å²) >= 11 is 0. The number of carbonyl (C=O) groups excluding carboxylic acids is 2. The number of nitrogens with two attached hydrogens (primary N) is 1. The van der Waals surface area contributed by atoms with Crippen molar-refractivity contribution in [2.45, 2.75) is 25.3 Å². The molecule has 0 aromatic heterocycles. The van der Waals surface area contributed by atoms with Crippen molar-refractivity contribution in [1.29, 1.82) is 0 Å². The largest absolute Gasteiger partial charge is 0.359 e. The van der Waals surface area contributed by atoms with Gasteiger partial charge in [-0.25, -0.2) is 0 Å². The van der Waals surface area contributed by atoms with E-state index < -0.39 is 6.04 Å². The number of likely N-dealkylation sites (tertiary alicyclic amines) is 1. The molecule has 21 heavy (non-hydrogen) atoms. The van der Waals surface area contributed by atoms with Gasteiger partial charge in [-0.05, 0) is 24.8 Å². The molecule has 1 fully saturated rings. The van der Waals surface area contributed by atoms with Crippen LogP contribution in [0.2, 0.25) is 0 Å². The Morgan fingerprint density at radius 3 is 2.48 bits per heavy atom. The lowest BCUT2D eigenvalue weighted by atomic mass is 9.95. The van der Waals surface area contributed by atoms with Crippen LogP contribution >= 0.6 is 0 Å². The lowest BCUT2D eigenvalue weighted by Gasteiger charge is -2.32. The molecular weight excluding hydrogens is 266 g/mol. The number of benzene rings is 1. The van der Waals surface area contributed by atoms with Crippen molar-refractivity contribution in [1.82, 2.24) is 10.2 Å². The van der Waals surface area contributed by atoms with Crippen molar-refractivity contribution in [3.63, 3.8) is 0 Å². The molecule has 2 rings (SSSR count). The number of nitrogens with one attached hydrogen (secondary N) is 1. The molecule has 114 valence electrons. The van der Waals surface area contributed by atoms with E-state index in [2.05, 4.69) is 5.32 Å². The predicted octanol–water partition coefficient (Wildman–Crippen LogP) is 0.541. The number of amides is 2. The number of rotatable bonds is 4. The van der Waals surface area contributed by atoms with Gasteiger partial charge in [0.25, 0.3) is 0 Å². The third-order valence-corrected chi connectivity index (χ3v) is 4.04. The molecule has 0 saturated carbocycles. The number of piperidine rings is 1. The third kappa shape index (κ3) is 4.04. The SMILES string of the molecule is CNC(=O)C1CCN(C(=O)[C@H](N)Cc2ccccc2)CC1. The summed E-state index contributed by atoms with van der Waals surface area (Å²) in [4.78, 5) is 25.7. The second-order valence-electron chi connectivity index (χ2n) is 5.51. The molecule has 3 N–H and O–H groups in total. The Kier molecular flexibility index (Phi) is 5.33. The molecular formula is C16H23N3O2. The summed E-state index contributed by atoms with van der Waals surface area (Å²) in [5.41, 5.74) is 7.10. The maximum atomic E-state index is 12.3. The molecule has 0 aliphatic carbocycles. The van der Waals surface area contributed by atoms with Crippen molar-refractivity contribution < 1.29 is 9.59 Å². The average molecular weight is 289 g/mol. The molecule has 1 atom stereocenters. The minimum atomic E-state index is -0.510. The zero-order valence-electron chi connectivity index (χ0n) is 12.4. The quantitative estimate of drug-likeness (QED) is 0.849. The Balaban J connectivity index is 1.85. The topological polar surface area (TPSA) is 75.4 Å². The molecule has 1 aromatic carbocycles. The van der Waals surface area contributed by atoms with Crippen LogP contribution in [0.15, 0.2) is 30.3 Å². The Labute approximate surface area is 125 Å². The van der Waals surface area contributed by atoms with E-state index in [4.69, 9.17) is 5.73 Å². The predicted molar refractivity (Wildman–Crippen MR) is 81.5 cm³/mol. The Bertz CT molecular complexity index is 482. The molecule has 5 heteroatoms. The van der Waals surface area contributed by atoms with Crippen LogP contribution in [0.1, 0.15) is 18.4 Å². The van der Waals surface area contributed by atoms with Crippen LogP contribution in [-0.4, -0.2) is 42.9 Å². The maximum absolute atomic E-state index is 12.3. The van der Waals surface area contributed by atoms with Gasteiger partial charge < -0.3 is 16.0 Å². The van der Waals surface area contributed by atoms with Gasteiger partial charge in [0, 0.05) is 26.1 Å². The van der Waals surface area contributed by atoms with Crippen LogP contribution in [0.5, 0.6) is 0 Å². The third-order valence-electron chi connectivity index (χ3n) is 4.04. The molecule has 0 spiro atoms. The van der Waals surface area contributed by atoms with E-state index in [1.54, 1.807) is 11.9 Å². The van der Waals surface area contributed by atoms with Crippen LogP contribution in [0.4, 0.5) is 0 Å². The zero-order chi connectivity index (χ0) is 15.2. The molecule has 0 bridgehead atoms. The van der Waals surface area contributed by atoms with Crippen LogP contribution in [-0.2, 0) is 16.0 Å². The summed E-state index contributed by atoms with van der Waals surface area (Å²) in [5.74, 6) is 0.0642. The molecule has 2 amide bonds. The van der Waals surface area contributed by atoms with Gasteiger partial charge in [0.15, 0.2) is 0 Å². The van der Waals surface area contributed by atoms with Crippen molar-refractivity contribution in [2.24, 2.45) is 11.7 Å². The van der Waals surface area contributed by atoms with Gasteiger partial charge >= 0.3 is 0 Å². The second-order valence-corrected chi connectivity index (χ2v) is 5.51. The molecule has 1 saturated heterocycles. The molecule has 1 aliphatic rings. The summed E-state index contributed by atoms with van der Waals surface area (Å²) in [5, 5.41) is 2.67. The van der Waals surface area contributed by atoms with Gasteiger partial charge in [-0.15, -0.1) is 0 Å². The first-order valence-electron chi connectivity index (χ1n) is 7.41. The molecule has 0 unspecified atom stereocenters. The lowest BCUT2D eigenvalue weighted by molar-refractivity contribution is -0.136. The summed E-state index contributed by atoms with van der Waals surface area (Å²) < 4.78 is 0. The molecule has 1 aliphatic heterocycles. The first-order chi connectivity index (χ1) is 10.1. The molecule has 1 aromatic rings. The van der Waals surface area contributed by atoms with Crippen molar-refractivity contribution in [3.05, 3.63) is 35.9 Å². The van der Waals surface area contributed by atoms with Crippen LogP contribution in [0, 0.1) is 5.92 Å². The average Bonchev–Trinajstić information content (AvgIpc) is 2.54. The van der Waals surface area contributed by atoms with E-state index in [0.717, 1.165) is 5.56 Å². The minimum absolute atomic E-state index is 0.0180. The fourth-order valence-electron chi connectivity index (χ4n) is 2.76. The Morgan fingerprint density at radius 1 is 1.29 bits per heavy atom. The van der Waals surface area contributed by atoms with Crippen LogP contribution < -0.4 is 11.1 Å². The van der Waals surface area contributed by atoms with Crippen LogP contribution in [0.3, 0.4) is 0 Å². The smallest absolute Gasteiger partial charge is 0.239 e. The zero-order valence-corrected chi connectivity index (χ0v) is 12.4. The van der Waals surface area contributed by atoms with Crippen molar-refractivity contribution >= 4 is 11.8 Å². The fourth-order valence-corrected chi connectivity index (χ4v) is 2.76. The molecule has 0 radical (unpaired) electrons. The highest BCUT2D eigenvalue weighted by atomic mass is 16.2. The van der Waals surface area contributed by atoms with Gasteiger partial charge in [0.05, 0.1) is 6.04 Å². The normalized spacial score (nSPS) is 17.3. The van der Waals surface area contributed by atoms with E-state index in [9.17, 15) is 9.59 Å². The molecule has 1 heterocycles. The number of hydrogen-bond donors (Lipinski definition) is 2. The Hall–Kier alpha value is -1.88. The molecule has 5 nitrogen and oxygen atoms in total. The van der Waals surface area contributed by atoms with E-state index in [-0.39, 0.29) is 17.7 Å². The monoisotopic (exact) mass is 289 g/mol. The van der Waals surface area contributed by atoms with Gasteiger partial charge in [0.2, 0.25) is 11.8 Å². The van der Waals surface area contributed by atoms with Gasteiger partial charge in [-0.3, -0.25) is 9.59 Å². The summed E-state index contributed by atoms with van der Waals surface area (Å²) in [7, 11) is 1.65. The van der Waals surface area contributed by atoms with E-state index in [0.29, 0.717) is 32.4 Å². The first kappa shape index (κ1) is 15.5. The number of hydrogen-bond acceptors (Lipinski definition) is 3. The Morgan fingerprint density at radius 2 is 1.90 bits per heavy atom. The van der Waals surface area contributed by atoms with E-state index >= 15 is 0 Å². The summed E-state index contributed by atoms with van der Waals surface area (Å²) in [6.45, 7) is 1.22. The summed E-state index contributed by atoms with van der Waals surface area (Å²) in [6, 6.07) is 9.28. The standard InChI is InChI=1S/C16H23N3O2/c1-18-15(20)13-7-9-19(10-8-13)16(21)14(17)11-12-5-3-2-4-6-12/h2-6,13-14H,7-11,17H2,1H3,(H,18,20)/t14-/m1/s1. The fraction of sp³-hybridized carbons (Fsp3) is 0.500. The maximum Gasteiger partial charge on any atom is 0.239 e. The highest BCUT2D eigenvalue weighted by molar-refractivity contribution is 5.83. The lowest BCUT2D eigenvalue weighted by Crippen LogP contribution is -2.49. The minimum Gasteiger partial charge on any atom is -0.359 e. The van der Waals surface area contributed by atoms with E-state index in [1.807, 2.05) is 30.3 Å². The van der Waals surface area contributed by atoms with Crippen molar-refractivity contribution in [2.75, 3.05) is 20.1 Å². The van der Waals surface area contributed by atoms with Gasteiger partial charge in [-0.2, -0.15) is 0 Å². The summed E-state index contributed by atoms with van der Waals surface area (Å²) in [6.07, 6.45) is 1.97. The van der Waals surface area contributed by atoms with Gasteiger partial charge in [0.1, 0.15) is 0 Å². The first-order valence-corrected chi connectivity index (χ1v) is 7.41. The van der Waals surface area contributed by atoms with E-state index in [1.165, 1.54) is 0 Å². The van der Waals surface area contributed by atoms with Crippen LogP contribution in [0.25, 0.3) is 0 Å².